The number of hydrogen-bond acceptors (Lipinski definition) is 4. The lowest BCUT2D eigenvalue weighted by atomic mass is 9.95. The second kappa shape index (κ2) is 7.04. The maximum atomic E-state index is 11.7. The van der Waals surface area contributed by atoms with Gasteiger partial charge in [-0.05, 0) is 46.5 Å². The van der Waals surface area contributed by atoms with E-state index < -0.39 is 18.1 Å². The van der Waals surface area contributed by atoms with Crippen molar-refractivity contribution in [2.75, 3.05) is 0 Å². The molecule has 0 unspecified atom stereocenters. The lowest BCUT2D eigenvalue weighted by Crippen LogP contribution is -1.95. The molecule has 134 valence electrons. The van der Waals surface area contributed by atoms with Crippen LogP contribution in [0, 0.1) is 0 Å². The normalized spacial score (nSPS) is 12.1. The van der Waals surface area contributed by atoms with Crippen molar-refractivity contribution >= 4 is 39.5 Å². The Morgan fingerprint density at radius 2 is 1.12 bits per heavy atom. The summed E-state index contributed by atoms with van der Waals surface area (Å²) in [5, 5.41) is 0. The largest absolute Gasteiger partial charge is 0.261 e. The molecule has 0 fully saturated rings. The van der Waals surface area contributed by atoms with E-state index in [-0.39, 0.29) is 9.79 Å². The predicted octanol–water partition coefficient (Wildman–Crippen LogP) is 4.88. The van der Waals surface area contributed by atoms with Crippen LogP contribution >= 0.6 is 21.4 Å². The van der Waals surface area contributed by atoms with Gasteiger partial charge in [0.15, 0.2) is 0 Å². The summed E-state index contributed by atoms with van der Waals surface area (Å²) in [6, 6.07) is 19.8. The van der Waals surface area contributed by atoms with Crippen LogP contribution < -0.4 is 0 Å². The molecule has 0 amide bonds. The quantitative estimate of drug-likeness (QED) is 0.557. The molecule has 0 aliphatic rings. The van der Waals surface area contributed by atoms with E-state index in [1.807, 2.05) is 30.3 Å². The lowest BCUT2D eigenvalue weighted by molar-refractivity contribution is 0.608. The third-order valence-electron chi connectivity index (χ3n) is 3.78. The van der Waals surface area contributed by atoms with Crippen LogP contribution in [0.4, 0.5) is 0 Å². The van der Waals surface area contributed by atoms with E-state index in [0.717, 1.165) is 11.1 Å². The van der Waals surface area contributed by atoms with Gasteiger partial charge in [-0.3, -0.25) is 0 Å². The van der Waals surface area contributed by atoms with E-state index in [4.69, 9.17) is 21.4 Å². The molecule has 8 heteroatoms. The van der Waals surface area contributed by atoms with Gasteiger partial charge in [0.2, 0.25) is 0 Å². The molecular formula is C18H12Cl2O4S2. The van der Waals surface area contributed by atoms with Crippen LogP contribution in [0.2, 0.25) is 0 Å². The van der Waals surface area contributed by atoms with Crippen molar-refractivity contribution in [3.05, 3.63) is 72.8 Å². The van der Waals surface area contributed by atoms with Crippen molar-refractivity contribution in [1.82, 2.24) is 0 Å². The first kappa shape index (κ1) is 18.9. The SMILES string of the molecule is O=S(=O)(Cl)c1cccc(-c2cc(S(=O)(=O)Cl)ccc2-c2ccccc2)c1. The van der Waals surface area contributed by atoms with Gasteiger partial charge in [0.1, 0.15) is 0 Å². The fraction of sp³-hybridized carbons (Fsp3) is 0. The molecule has 3 aromatic carbocycles. The van der Waals surface area contributed by atoms with Crippen LogP contribution in [0.5, 0.6) is 0 Å². The van der Waals surface area contributed by atoms with Gasteiger partial charge in [0, 0.05) is 21.4 Å². The fourth-order valence-corrected chi connectivity index (χ4v) is 4.17. The summed E-state index contributed by atoms with van der Waals surface area (Å²) in [6.45, 7) is 0. The maximum absolute atomic E-state index is 11.7. The fourth-order valence-electron chi connectivity index (χ4n) is 2.60. The van der Waals surface area contributed by atoms with Crippen LogP contribution in [-0.2, 0) is 18.1 Å². The van der Waals surface area contributed by atoms with E-state index in [1.54, 1.807) is 18.2 Å². The molecule has 0 radical (unpaired) electrons. The van der Waals surface area contributed by atoms with Gasteiger partial charge in [-0.2, -0.15) is 0 Å². The zero-order chi connectivity index (χ0) is 18.9. The Kier molecular flexibility index (Phi) is 5.12. The highest BCUT2D eigenvalue weighted by Gasteiger charge is 2.17. The molecule has 0 bridgehead atoms. The second-order valence-electron chi connectivity index (χ2n) is 5.48. The second-order valence-corrected chi connectivity index (χ2v) is 10.6. The molecule has 0 saturated carbocycles. The molecule has 26 heavy (non-hydrogen) atoms. The molecule has 4 nitrogen and oxygen atoms in total. The van der Waals surface area contributed by atoms with Crippen molar-refractivity contribution in [3.8, 4) is 22.3 Å². The zero-order valence-corrected chi connectivity index (χ0v) is 16.3. The Morgan fingerprint density at radius 1 is 0.538 bits per heavy atom. The molecular weight excluding hydrogens is 415 g/mol. The summed E-state index contributed by atoms with van der Waals surface area (Å²) in [6.07, 6.45) is 0. The molecule has 0 heterocycles. The molecule has 0 aliphatic carbocycles. The summed E-state index contributed by atoms with van der Waals surface area (Å²) in [5.41, 5.74) is 2.62. The number of rotatable bonds is 4. The minimum Gasteiger partial charge on any atom is -0.207 e. The third-order valence-corrected chi connectivity index (χ3v) is 6.49. The van der Waals surface area contributed by atoms with Gasteiger partial charge in [-0.1, -0.05) is 48.5 Å². The highest BCUT2D eigenvalue weighted by atomic mass is 35.7. The first-order valence-electron chi connectivity index (χ1n) is 7.35. The smallest absolute Gasteiger partial charge is 0.207 e. The van der Waals surface area contributed by atoms with Crippen molar-refractivity contribution in [3.63, 3.8) is 0 Å². The third kappa shape index (κ3) is 4.10. The van der Waals surface area contributed by atoms with E-state index in [0.29, 0.717) is 11.1 Å². The first-order valence-corrected chi connectivity index (χ1v) is 12.0. The highest BCUT2D eigenvalue weighted by molar-refractivity contribution is 8.14. The Hall–Kier alpha value is -1.86. The minimum absolute atomic E-state index is 0.0742. The zero-order valence-electron chi connectivity index (χ0n) is 13.1. The van der Waals surface area contributed by atoms with Crippen LogP contribution in [0.1, 0.15) is 0 Å². The van der Waals surface area contributed by atoms with Gasteiger partial charge < -0.3 is 0 Å². The van der Waals surface area contributed by atoms with Crippen molar-refractivity contribution in [2.45, 2.75) is 9.79 Å². The summed E-state index contributed by atoms with van der Waals surface area (Å²) < 4.78 is 46.8. The van der Waals surface area contributed by atoms with Crippen LogP contribution in [-0.4, -0.2) is 16.8 Å². The monoisotopic (exact) mass is 426 g/mol. The molecule has 0 N–H and O–H groups in total. The standard InChI is InChI=1S/C18H12Cl2O4S2/c19-25(21,22)15-8-4-7-14(11-15)18-12-16(26(20,23)24)9-10-17(18)13-5-2-1-3-6-13/h1-12H. The summed E-state index contributed by atoms with van der Waals surface area (Å²) in [5.74, 6) is 0. The van der Waals surface area contributed by atoms with Crippen LogP contribution in [0.25, 0.3) is 22.3 Å². The number of hydrogen-bond donors (Lipinski definition) is 0. The number of halogens is 2. The average Bonchev–Trinajstić information content (AvgIpc) is 2.60. The topological polar surface area (TPSA) is 68.3 Å². The van der Waals surface area contributed by atoms with Gasteiger partial charge in [-0.25, -0.2) is 16.8 Å². The Morgan fingerprint density at radius 3 is 1.73 bits per heavy atom. The van der Waals surface area contributed by atoms with Crippen molar-refractivity contribution < 1.29 is 16.8 Å². The maximum Gasteiger partial charge on any atom is 0.261 e. The first-order chi connectivity index (χ1) is 12.2. The van der Waals surface area contributed by atoms with E-state index in [1.165, 1.54) is 24.3 Å². The van der Waals surface area contributed by atoms with Gasteiger partial charge >= 0.3 is 0 Å². The molecule has 0 aliphatic heterocycles. The summed E-state index contributed by atoms with van der Waals surface area (Å²) in [7, 11) is 3.04. The van der Waals surface area contributed by atoms with Gasteiger partial charge in [-0.15, -0.1) is 0 Å². The lowest BCUT2D eigenvalue weighted by Gasteiger charge is -2.12. The Labute approximate surface area is 160 Å². The van der Waals surface area contributed by atoms with Crippen molar-refractivity contribution in [1.29, 1.82) is 0 Å². The van der Waals surface area contributed by atoms with E-state index in [9.17, 15) is 16.8 Å². The van der Waals surface area contributed by atoms with Gasteiger partial charge in [0.05, 0.1) is 9.79 Å². The highest BCUT2D eigenvalue weighted by Crippen LogP contribution is 2.35. The van der Waals surface area contributed by atoms with E-state index in [2.05, 4.69) is 0 Å². The molecule has 0 saturated heterocycles. The summed E-state index contributed by atoms with van der Waals surface area (Å²) in [4.78, 5) is -0.150. The molecule has 0 spiro atoms. The van der Waals surface area contributed by atoms with Gasteiger partial charge in [0.25, 0.3) is 18.1 Å². The average molecular weight is 427 g/mol. The molecule has 3 rings (SSSR count). The van der Waals surface area contributed by atoms with Crippen molar-refractivity contribution in [2.24, 2.45) is 0 Å². The predicted molar refractivity (Wildman–Crippen MR) is 103 cm³/mol. The van der Waals surface area contributed by atoms with E-state index >= 15 is 0 Å². The van der Waals surface area contributed by atoms with Crippen LogP contribution in [0.3, 0.4) is 0 Å². The van der Waals surface area contributed by atoms with Crippen LogP contribution in [0.15, 0.2) is 82.6 Å². The molecule has 3 aromatic rings. The molecule has 0 aromatic heterocycles. The Balaban J connectivity index is 2.31. The minimum atomic E-state index is -3.94. The number of benzene rings is 3. The molecule has 0 atom stereocenters. The summed E-state index contributed by atoms with van der Waals surface area (Å²) >= 11 is 0. The Bertz CT molecular complexity index is 1170.